The van der Waals surface area contributed by atoms with Crippen LogP contribution in [0.25, 0.3) is 16.7 Å². The molecule has 11 heteroatoms. The van der Waals surface area contributed by atoms with Crippen LogP contribution in [0.15, 0.2) is 102 Å². The number of pyridine rings is 1. The van der Waals surface area contributed by atoms with Gasteiger partial charge in [-0.1, -0.05) is 66.6 Å². The molecule has 0 atom stereocenters. The van der Waals surface area contributed by atoms with Gasteiger partial charge in [-0.2, -0.15) is 13.2 Å². The molecular formula is C47H55F5N4O2. The third-order valence-electron chi connectivity index (χ3n) is 11.3. The largest absolute Gasteiger partial charge is 0.416 e. The molecule has 6 nitrogen and oxygen atoms in total. The van der Waals surface area contributed by atoms with Crippen LogP contribution in [0, 0.1) is 11.6 Å². The molecule has 0 spiro atoms. The Kier molecular flexibility index (Phi) is 15.4. The molecule has 0 saturated carbocycles. The van der Waals surface area contributed by atoms with Crippen LogP contribution in [0.5, 0.6) is 0 Å². The van der Waals surface area contributed by atoms with E-state index in [-0.39, 0.29) is 30.5 Å². The highest BCUT2D eigenvalue weighted by Crippen LogP contribution is 2.34. The molecule has 2 heterocycles. The summed E-state index contributed by atoms with van der Waals surface area (Å²) in [7, 11) is 1.69. The Bertz CT molecular complexity index is 2050. The zero-order valence-electron chi connectivity index (χ0n) is 34.4. The number of halogens is 5. The minimum Gasteiger partial charge on any atom is -0.383 e. The number of methoxy groups -OCH3 is 1. The van der Waals surface area contributed by atoms with E-state index in [0.717, 1.165) is 89.8 Å². The Balaban J connectivity index is 1.52. The van der Waals surface area contributed by atoms with E-state index in [1.165, 1.54) is 18.2 Å². The van der Waals surface area contributed by atoms with Gasteiger partial charge in [0.1, 0.15) is 12.4 Å². The van der Waals surface area contributed by atoms with Crippen molar-refractivity contribution in [2.45, 2.75) is 85.5 Å². The average Bonchev–Trinajstić information content (AvgIpc) is 3.22. The molecule has 1 amide bonds. The third-order valence-corrected chi connectivity index (χ3v) is 11.3. The van der Waals surface area contributed by atoms with Gasteiger partial charge in [0.15, 0.2) is 11.6 Å². The van der Waals surface area contributed by atoms with Gasteiger partial charge in [-0.25, -0.2) is 13.8 Å². The van der Waals surface area contributed by atoms with Gasteiger partial charge in [0.2, 0.25) is 5.91 Å². The Morgan fingerprint density at radius 3 is 2.16 bits per heavy atom. The first-order chi connectivity index (χ1) is 27.7. The number of likely N-dealkylation sites (tertiary alicyclic amines) is 1. The standard InChI is InChI=1S/C47H55F5N4O2/c1-7-33(4)43(22-19-38-10-8-12-42(48)45(38)49)56(46-41(11-9-25-53-46)34(5)32(2)3)31-44(57)55(40-23-26-54(27-24-40)28-29-58-6)30-35-13-15-36(16-14-35)37-17-20-39(21-18-37)47(50,51)52/h8-18,20-21,25,40H,7,19,22-24,26-31H2,1-6H3/b43-33+. The molecule has 1 aliphatic heterocycles. The number of hydrogen-bond donors (Lipinski definition) is 0. The fraction of sp³-hybridized carbons (Fsp3) is 0.404. The zero-order valence-corrected chi connectivity index (χ0v) is 34.4. The van der Waals surface area contributed by atoms with Crippen molar-refractivity contribution in [2.75, 3.05) is 44.8 Å². The number of aromatic nitrogens is 1. The van der Waals surface area contributed by atoms with E-state index < -0.39 is 23.4 Å². The number of carbonyl (C=O) groups excluding carboxylic acids is 1. The SMILES string of the molecule is CC/C(C)=C(\CCc1cccc(F)c1F)N(CC(=O)N(Cc1ccc(-c2ccc(C(F)(F)F)cc2)cc1)C1CCN(CCOC)CC1)c1ncccc1C(C)=C(C)C. The summed E-state index contributed by atoms with van der Waals surface area (Å²) in [6.07, 6.45) is 0.0677. The molecule has 1 aliphatic rings. The molecule has 1 saturated heterocycles. The minimum absolute atomic E-state index is 0.0358. The smallest absolute Gasteiger partial charge is 0.383 e. The molecule has 0 bridgehead atoms. The number of amides is 1. The van der Waals surface area contributed by atoms with Crippen LogP contribution in [0.3, 0.4) is 0 Å². The molecule has 310 valence electrons. The van der Waals surface area contributed by atoms with Gasteiger partial charge in [-0.05, 0) is 118 Å². The summed E-state index contributed by atoms with van der Waals surface area (Å²) in [5.74, 6) is -1.26. The topological polar surface area (TPSA) is 48.9 Å². The normalized spacial score (nSPS) is 14.3. The number of rotatable bonds is 16. The Hall–Kier alpha value is -4.87. The highest BCUT2D eigenvalue weighted by molar-refractivity contribution is 5.85. The first kappa shape index (κ1) is 44.2. The van der Waals surface area contributed by atoms with Crippen LogP contribution in [-0.2, 0) is 28.7 Å². The second kappa shape index (κ2) is 20.2. The molecule has 0 radical (unpaired) electrons. The predicted octanol–water partition coefficient (Wildman–Crippen LogP) is 11.1. The van der Waals surface area contributed by atoms with E-state index in [0.29, 0.717) is 37.4 Å². The van der Waals surface area contributed by atoms with E-state index in [1.54, 1.807) is 19.4 Å². The van der Waals surface area contributed by atoms with E-state index in [2.05, 4.69) is 4.90 Å². The number of carbonyl (C=O) groups is 1. The average molecular weight is 803 g/mol. The molecule has 0 unspecified atom stereocenters. The number of nitrogens with zero attached hydrogens (tertiary/aromatic N) is 4. The molecule has 4 aromatic rings. The molecule has 5 rings (SSSR count). The lowest BCUT2D eigenvalue weighted by atomic mass is 9.99. The summed E-state index contributed by atoms with van der Waals surface area (Å²) in [6, 6.07) is 20.7. The maximum atomic E-state index is 15.1. The van der Waals surface area contributed by atoms with Crippen molar-refractivity contribution < 1.29 is 31.5 Å². The van der Waals surface area contributed by atoms with Gasteiger partial charge >= 0.3 is 6.18 Å². The monoisotopic (exact) mass is 802 g/mol. The van der Waals surface area contributed by atoms with Crippen molar-refractivity contribution in [2.24, 2.45) is 0 Å². The predicted molar refractivity (Wildman–Crippen MR) is 222 cm³/mol. The van der Waals surface area contributed by atoms with Crippen molar-refractivity contribution in [3.8, 4) is 11.1 Å². The van der Waals surface area contributed by atoms with Gasteiger partial charge < -0.3 is 19.4 Å². The first-order valence-corrected chi connectivity index (χ1v) is 20.0. The summed E-state index contributed by atoms with van der Waals surface area (Å²) in [5.41, 5.74) is 6.72. The molecule has 1 aromatic heterocycles. The lowest BCUT2D eigenvalue weighted by Crippen LogP contribution is -2.50. The van der Waals surface area contributed by atoms with Crippen LogP contribution < -0.4 is 4.90 Å². The number of anilines is 1. The van der Waals surface area contributed by atoms with Crippen LogP contribution in [0.4, 0.5) is 27.8 Å². The zero-order chi connectivity index (χ0) is 42.0. The second-order valence-corrected chi connectivity index (χ2v) is 15.2. The summed E-state index contributed by atoms with van der Waals surface area (Å²) >= 11 is 0. The number of hydrogen-bond acceptors (Lipinski definition) is 5. The maximum absolute atomic E-state index is 15.1. The van der Waals surface area contributed by atoms with E-state index in [9.17, 15) is 22.0 Å². The quantitative estimate of drug-likeness (QED) is 0.106. The lowest BCUT2D eigenvalue weighted by Gasteiger charge is -2.40. The number of benzene rings is 3. The summed E-state index contributed by atoms with van der Waals surface area (Å²) in [4.78, 5) is 26.2. The van der Waals surface area contributed by atoms with Crippen LogP contribution in [-0.4, -0.2) is 66.6 Å². The molecule has 0 N–H and O–H groups in total. The molecule has 3 aromatic carbocycles. The number of alkyl halides is 3. The first-order valence-electron chi connectivity index (χ1n) is 20.0. The lowest BCUT2D eigenvalue weighted by molar-refractivity contribution is -0.137. The van der Waals surface area contributed by atoms with Crippen molar-refractivity contribution in [1.82, 2.24) is 14.8 Å². The molecule has 1 fully saturated rings. The molecular weight excluding hydrogens is 748 g/mol. The third kappa shape index (κ3) is 11.2. The number of aryl methyl sites for hydroxylation is 1. The Morgan fingerprint density at radius 2 is 1.55 bits per heavy atom. The van der Waals surface area contributed by atoms with Gasteiger partial charge in [-0.3, -0.25) is 4.79 Å². The highest BCUT2D eigenvalue weighted by Gasteiger charge is 2.32. The van der Waals surface area contributed by atoms with E-state index in [4.69, 9.17) is 9.72 Å². The van der Waals surface area contributed by atoms with Gasteiger partial charge in [0, 0.05) is 56.8 Å². The second-order valence-electron chi connectivity index (χ2n) is 15.2. The number of ether oxygens (including phenoxy) is 1. The van der Waals surface area contributed by atoms with Crippen LogP contribution in [0.1, 0.15) is 82.6 Å². The summed E-state index contributed by atoms with van der Waals surface area (Å²) in [5, 5.41) is 0. The van der Waals surface area contributed by atoms with Crippen LogP contribution in [0.2, 0.25) is 0 Å². The van der Waals surface area contributed by atoms with Crippen LogP contribution >= 0.6 is 0 Å². The van der Waals surface area contributed by atoms with Gasteiger partial charge in [0.25, 0.3) is 0 Å². The fourth-order valence-corrected chi connectivity index (χ4v) is 7.42. The number of piperidine rings is 1. The summed E-state index contributed by atoms with van der Waals surface area (Å²) in [6.45, 7) is 13.5. The fourth-order valence-electron chi connectivity index (χ4n) is 7.42. The highest BCUT2D eigenvalue weighted by atomic mass is 19.4. The van der Waals surface area contributed by atoms with Crippen molar-refractivity contribution in [3.05, 3.63) is 136 Å². The minimum atomic E-state index is -4.42. The van der Waals surface area contributed by atoms with Gasteiger partial charge in [-0.15, -0.1) is 0 Å². The van der Waals surface area contributed by atoms with E-state index in [1.807, 2.05) is 80.8 Å². The molecule has 0 aliphatic carbocycles. The van der Waals surface area contributed by atoms with E-state index >= 15 is 4.79 Å². The Morgan fingerprint density at radius 1 is 0.897 bits per heavy atom. The number of allylic oxidation sites excluding steroid dienone is 4. The van der Waals surface area contributed by atoms with Crippen molar-refractivity contribution in [3.63, 3.8) is 0 Å². The van der Waals surface area contributed by atoms with Crippen molar-refractivity contribution in [1.29, 1.82) is 0 Å². The van der Waals surface area contributed by atoms with Gasteiger partial charge in [0.05, 0.1) is 12.2 Å². The Labute approximate surface area is 340 Å². The molecule has 58 heavy (non-hydrogen) atoms. The van der Waals surface area contributed by atoms with Crippen molar-refractivity contribution >= 4 is 17.3 Å². The summed E-state index contributed by atoms with van der Waals surface area (Å²) < 4.78 is 74.3. The maximum Gasteiger partial charge on any atom is 0.416 e.